The normalized spacial score (nSPS) is 18.8. The van der Waals surface area contributed by atoms with Crippen LogP contribution in [0.3, 0.4) is 0 Å². The molecule has 2 amide bonds. The maximum absolute atomic E-state index is 12.6. The van der Waals surface area contributed by atoms with E-state index in [0.29, 0.717) is 18.7 Å². The van der Waals surface area contributed by atoms with Crippen LogP contribution >= 0.6 is 12.4 Å². The molecule has 3 N–H and O–H groups in total. The van der Waals surface area contributed by atoms with Crippen LogP contribution in [-0.2, 0) is 18.4 Å². The molecule has 1 aliphatic rings. The monoisotopic (exact) mass is 377 g/mol. The zero-order valence-electron chi connectivity index (χ0n) is 14.9. The van der Waals surface area contributed by atoms with E-state index in [1.807, 2.05) is 31.6 Å². The molecule has 0 bridgehead atoms. The molecule has 2 aromatic rings. The largest absolute Gasteiger partial charge is 0.355 e. The highest BCUT2D eigenvalue weighted by atomic mass is 35.5. The summed E-state index contributed by atoms with van der Waals surface area (Å²) < 4.78 is 1.76. The number of aromatic nitrogens is 2. The third-order valence-electron chi connectivity index (χ3n) is 4.59. The van der Waals surface area contributed by atoms with Gasteiger partial charge in [-0.25, -0.2) is 0 Å². The van der Waals surface area contributed by atoms with Crippen molar-refractivity contribution < 1.29 is 9.59 Å². The highest BCUT2D eigenvalue weighted by Gasteiger charge is 2.34. The fourth-order valence-corrected chi connectivity index (χ4v) is 3.22. The van der Waals surface area contributed by atoms with Crippen molar-refractivity contribution >= 4 is 24.2 Å². The third-order valence-corrected chi connectivity index (χ3v) is 4.59. The Morgan fingerprint density at radius 1 is 1.35 bits per heavy atom. The standard InChI is InChI=1S/C18H23N5O2.ClH/c1-19-17(24)13-5-3-4-12(6-13)7-21-18(25)16-10-20-9-15(16)14-8-22-23(2)11-14;/h3-6,8,11,15-16,20H,7,9-10H2,1-2H3,(H,19,24)(H,21,25);1H/t15-,16+;/m1./s1. The first-order valence-electron chi connectivity index (χ1n) is 8.36. The molecule has 7 nitrogen and oxygen atoms in total. The van der Waals surface area contributed by atoms with Gasteiger partial charge in [0.25, 0.3) is 5.91 Å². The molecular weight excluding hydrogens is 354 g/mol. The first-order valence-corrected chi connectivity index (χ1v) is 8.36. The van der Waals surface area contributed by atoms with Crippen LogP contribution in [-0.4, -0.2) is 41.7 Å². The molecule has 0 radical (unpaired) electrons. The SMILES string of the molecule is CNC(=O)c1cccc(CNC(=O)[C@H]2CNC[C@@H]2c2cnn(C)c2)c1.Cl. The molecule has 140 valence electrons. The van der Waals surface area contributed by atoms with E-state index in [-0.39, 0.29) is 36.1 Å². The number of hydrogen-bond acceptors (Lipinski definition) is 4. The van der Waals surface area contributed by atoms with E-state index >= 15 is 0 Å². The van der Waals surface area contributed by atoms with Crippen LogP contribution in [0.5, 0.6) is 0 Å². The molecule has 26 heavy (non-hydrogen) atoms. The van der Waals surface area contributed by atoms with Crippen LogP contribution in [0, 0.1) is 5.92 Å². The smallest absolute Gasteiger partial charge is 0.251 e. The van der Waals surface area contributed by atoms with Gasteiger partial charge >= 0.3 is 0 Å². The summed E-state index contributed by atoms with van der Waals surface area (Å²) >= 11 is 0. The van der Waals surface area contributed by atoms with Crippen LogP contribution in [0.15, 0.2) is 36.7 Å². The van der Waals surface area contributed by atoms with Gasteiger partial charge in [-0.1, -0.05) is 12.1 Å². The van der Waals surface area contributed by atoms with Gasteiger partial charge in [0.1, 0.15) is 0 Å². The predicted molar refractivity (Wildman–Crippen MR) is 101 cm³/mol. The number of hydrogen-bond donors (Lipinski definition) is 3. The summed E-state index contributed by atoms with van der Waals surface area (Å²) in [6, 6.07) is 7.27. The van der Waals surface area contributed by atoms with Crippen LogP contribution < -0.4 is 16.0 Å². The quantitative estimate of drug-likeness (QED) is 0.720. The Morgan fingerprint density at radius 2 is 2.15 bits per heavy atom. The van der Waals surface area contributed by atoms with Crippen molar-refractivity contribution in [2.24, 2.45) is 13.0 Å². The van der Waals surface area contributed by atoms with Crippen LogP contribution in [0.2, 0.25) is 0 Å². The number of aryl methyl sites for hydroxylation is 1. The minimum Gasteiger partial charge on any atom is -0.355 e. The topological polar surface area (TPSA) is 88.1 Å². The van der Waals surface area contributed by atoms with E-state index < -0.39 is 0 Å². The van der Waals surface area contributed by atoms with E-state index in [2.05, 4.69) is 21.0 Å². The molecule has 1 fully saturated rings. The number of halogens is 1. The fraction of sp³-hybridized carbons (Fsp3) is 0.389. The molecule has 0 saturated carbocycles. The molecule has 8 heteroatoms. The molecule has 1 aromatic heterocycles. The zero-order chi connectivity index (χ0) is 17.8. The van der Waals surface area contributed by atoms with Crippen LogP contribution in [0.1, 0.15) is 27.4 Å². The highest BCUT2D eigenvalue weighted by molar-refractivity contribution is 5.94. The Morgan fingerprint density at radius 3 is 2.85 bits per heavy atom. The molecule has 1 aliphatic heterocycles. The molecule has 2 heterocycles. The first-order chi connectivity index (χ1) is 12.1. The lowest BCUT2D eigenvalue weighted by molar-refractivity contribution is -0.125. The number of carbonyl (C=O) groups is 2. The van der Waals surface area contributed by atoms with Gasteiger partial charge in [0.05, 0.1) is 12.1 Å². The molecule has 0 spiro atoms. The van der Waals surface area contributed by atoms with Gasteiger partial charge in [-0.05, 0) is 23.3 Å². The summed E-state index contributed by atoms with van der Waals surface area (Å²) in [5, 5.41) is 13.1. The Bertz CT molecular complexity index is 776. The van der Waals surface area contributed by atoms with Gasteiger partial charge in [0.2, 0.25) is 5.91 Å². The lowest BCUT2D eigenvalue weighted by Gasteiger charge is -2.17. The minimum atomic E-state index is -0.134. The molecule has 3 rings (SSSR count). The van der Waals surface area contributed by atoms with Gasteiger partial charge in [0.15, 0.2) is 0 Å². The zero-order valence-corrected chi connectivity index (χ0v) is 15.7. The number of benzene rings is 1. The van der Waals surface area contributed by atoms with Crippen molar-refractivity contribution in [2.75, 3.05) is 20.1 Å². The first kappa shape index (κ1) is 19.9. The fourth-order valence-electron chi connectivity index (χ4n) is 3.22. The second-order valence-electron chi connectivity index (χ2n) is 6.32. The lowest BCUT2D eigenvalue weighted by Crippen LogP contribution is -2.34. The molecule has 1 aromatic carbocycles. The highest BCUT2D eigenvalue weighted by Crippen LogP contribution is 2.27. The summed E-state index contributed by atoms with van der Waals surface area (Å²) in [5.74, 6) is -0.105. The number of rotatable bonds is 5. The second-order valence-corrected chi connectivity index (χ2v) is 6.32. The van der Waals surface area contributed by atoms with Gasteiger partial charge in [0, 0.05) is 51.4 Å². The van der Waals surface area contributed by atoms with Crippen LogP contribution in [0.4, 0.5) is 0 Å². The molecule has 1 saturated heterocycles. The Labute approximate surface area is 159 Å². The van der Waals surface area contributed by atoms with Gasteiger partial charge in [-0.3, -0.25) is 14.3 Å². The van der Waals surface area contributed by atoms with E-state index in [1.165, 1.54) is 0 Å². The number of nitrogens with one attached hydrogen (secondary N) is 3. The molecule has 0 unspecified atom stereocenters. The van der Waals surface area contributed by atoms with Crippen molar-refractivity contribution in [1.29, 1.82) is 0 Å². The number of nitrogens with zero attached hydrogens (tertiary/aromatic N) is 2. The van der Waals surface area contributed by atoms with Crippen molar-refractivity contribution in [3.8, 4) is 0 Å². The number of carbonyl (C=O) groups excluding carboxylic acids is 2. The molecule has 0 aliphatic carbocycles. The Kier molecular flexibility index (Phi) is 6.76. The predicted octanol–water partition coefficient (Wildman–Crippen LogP) is 0.821. The van der Waals surface area contributed by atoms with E-state index in [9.17, 15) is 9.59 Å². The summed E-state index contributed by atoms with van der Waals surface area (Å²) in [4.78, 5) is 24.3. The lowest BCUT2D eigenvalue weighted by atomic mass is 9.90. The molecule has 2 atom stereocenters. The minimum absolute atomic E-state index is 0. The average molecular weight is 378 g/mol. The Hall–Kier alpha value is -2.38. The molecular formula is C18H24ClN5O2. The summed E-state index contributed by atoms with van der Waals surface area (Å²) in [6.07, 6.45) is 3.79. The third kappa shape index (κ3) is 4.42. The maximum atomic E-state index is 12.6. The van der Waals surface area contributed by atoms with E-state index in [0.717, 1.165) is 17.7 Å². The maximum Gasteiger partial charge on any atom is 0.251 e. The van der Waals surface area contributed by atoms with Gasteiger partial charge < -0.3 is 16.0 Å². The summed E-state index contributed by atoms with van der Waals surface area (Å²) in [7, 11) is 3.48. The van der Waals surface area contributed by atoms with Crippen molar-refractivity contribution in [2.45, 2.75) is 12.5 Å². The van der Waals surface area contributed by atoms with Gasteiger partial charge in [-0.2, -0.15) is 5.10 Å². The van der Waals surface area contributed by atoms with E-state index in [4.69, 9.17) is 0 Å². The second kappa shape index (κ2) is 8.82. The van der Waals surface area contributed by atoms with Crippen LogP contribution in [0.25, 0.3) is 0 Å². The van der Waals surface area contributed by atoms with Gasteiger partial charge in [-0.15, -0.1) is 12.4 Å². The summed E-state index contributed by atoms with van der Waals surface area (Å²) in [6.45, 7) is 1.83. The summed E-state index contributed by atoms with van der Waals surface area (Å²) in [5.41, 5.74) is 2.57. The van der Waals surface area contributed by atoms with Crippen molar-refractivity contribution in [3.63, 3.8) is 0 Å². The number of amides is 2. The average Bonchev–Trinajstić information content (AvgIpc) is 3.27. The van der Waals surface area contributed by atoms with Crippen molar-refractivity contribution in [3.05, 3.63) is 53.3 Å². The Balaban J connectivity index is 0.00000243. The van der Waals surface area contributed by atoms with E-state index in [1.54, 1.807) is 23.9 Å². The van der Waals surface area contributed by atoms with Crippen molar-refractivity contribution in [1.82, 2.24) is 25.7 Å².